The van der Waals surface area contributed by atoms with Gasteiger partial charge in [-0.05, 0) is 19.1 Å². The minimum absolute atomic E-state index is 0.0640. The average Bonchev–Trinajstić information content (AvgIpc) is 2.70. The van der Waals surface area contributed by atoms with Gasteiger partial charge >= 0.3 is 0 Å². The van der Waals surface area contributed by atoms with E-state index in [-0.39, 0.29) is 5.78 Å². The van der Waals surface area contributed by atoms with Crippen LogP contribution in [0.1, 0.15) is 17.5 Å². The largest absolute Gasteiger partial charge is 0.461 e. The molecule has 1 N–H and O–H groups in total. The highest BCUT2D eigenvalue weighted by Gasteiger charge is 2.19. The van der Waals surface area contributed by atoms with E-state index in [4.69, 9.17) is 4.42 Å². The molecule has 2 heterocycles. The van der Waals surface area contributed by atoms with E-state index >= 15 is 0 Å². The van der Waals surface area contributed by atoms with E-state index in [1.807, 2.05) is 0 Å². The first kappa shape index (κ1) is 10.4. The Hall–Kier alpha value is -1.13. The van der Waals surface area contributed by atoms with Crippen molar-refractivity contribution in [2.75, 3.05) is 26.2 Å². The van der Waals surface area contributed by atoms with Crippen LogP contribution in [-0.4, -0.2) is 42.9 Å². The Bertz CT molecular complexity index is 321. The lowest BCUT2D eigenvalue weighted by Crippen LogP contribution is -2.50. The van der Waals surface area contributed by atoms with Crippen LogP contribution in [0, 0.1) is 0 Å². The second-order valence-corrected chi connectivity index (χ2v) is 3.99. The minimum Gasteiger partial charge on any atom is -0.461 e. The van der Waals surface area contributed by atoms with Crippen LogP contribution in [0.25, 0.3) is 0 Å². The van der Waals surface area contributed by atoms with Gasteiger partial charge in [0.15, 0.2) is 5.76 Å². The lowest BCUT2D eigenvalue weighted by Gasteiger charge is -2.30. The molecule has 82 valence electrons. The van der Waals surface area contributed by atoms with Crippen LogP contribution < -0.4 is 5.32 Å². The summed E-state index contributed by atoms with van der Waals surface area (Å²) in [4.78, 5) is 13.9. The predicted octanol–water partition coefficient (Wildman–Crippen LogP) is 0.756. The number of hydrogen-bond acceptors (Lipinski definition) is 4. The average molecular weight is 208 g/mol. The summed E-state index contributed by atoms with van der Waals surface area (Å²) in [6.45, 7) is 5.39. The van der Waals surface area contributed by atoms with Gasteiger partial charge in [-0.15, -0.1) is 0 Å². The topological polar surface area (TPSA) is 45.5 Å². The zero-order valence-electron chi connectivity index (χ0n) is 8.90. The van der Waals surface area contributed by atoms with Crippen LogP contribution in [0.15, 0.2) is 22.8 Å². The fourth-order valence-corrected chi connectivity index (χ4v) is 1.87. The number of nitrogens with zero attached hydrogens (tertiary/aromatic N) is 1. The monoisotopic (exact) mass is 208 g/mol. The number of piperazine rings is 1. The first-order valence-electron chi connectivity index (χ1n) is 5.28. The Morgan fingerprint density at radius 2 is 2.60 bits per heavy atom. The van der Waals surface area contributed by atoms with Crippen molar-refractivity contribution in [1.29, 1.82) is 0 Å². The molecule has 0 saturated carbocycles. The summed E-state index contributed by atoms with van der Waals surface area (Å²) in [6, 6.07) is 3.92. The Morgan fingerprint density at radius 3 is 3.27 bits per heavy atom. The van der Waals surface area contributed by atoms with Gasteiger partial charge in [0, 0.05) is 25.7 Å². The van der Waals surface area contributed by atoms with Gasteiger partial charge < -0.3 is 9.73 Å². The third-order valence-electron chi connectivity index (χ3n) is 2.62. The molecule has 2 rings (SSSR count). The highest BCUT2D eigenvalue weighted by molar-refractivity contribution is 5.94. The summed E-state index contributed by atoms with van der Waals surface area (Å²) < 4.78 is 5.07. The van der Waals surface area contributed by atoms with Crippen molar-refractivity contribution in [3.63, 3.8) is 0 Å². The highest BCUT2D eigenvalue weighted by Crippen LogP contribution is 2.05. The number of Topliss-reactive ketones (excluding diaryl/α,β-unsaturated/α-hetero) is 1. The maximum atomic E-state index is 11.7. The van der Waals surface area contributed by atoms with Crippen LogP contribution >= 0.6 is 0 Å². The van der Waals surface area contributed by atoms with Gasteiger partial charge in [0.05, 0.1) is 12.8 Å². The van der Waals surface area contributed by atoms with E-state index < -0.39 is 0 Å². The molecule has 0 bridgehead atoms. The fourth-order valence-electron chi connectivity index (χ4n) is 1.87. The molecule has 1 saturated heterocycles. The molecule has 1 aromatic rings. The van der Waals surface area contributed by atoms with Gasteiger partial charge in [-0.1, -0.05) is 0 Å². The Kier molecular flexibility index (Phi) is 3.18. The Labute approximate surface area is 89.2 Å². The first-order chi connectivity index (χ1) is 7.25. The fraction of sp³-hybridized carbons (Fsp3) is 0.545. The van der Waals surface area contributed by atoms with Gasteiger partial charge in [0.2, 0.25) is 5.78 Å². The summed E-state index contributed by atoms with van der Waals surface area (Å²) in [6.07, 6.45) is 1.54. The van der Waals surface area contributed by atoms with Crippen molar-refractivity contribution in [2.24, 2.45) is 0 Å². The molecule has 15 heavy (non-hydrogen) atoms. The Morgan fingerprint density at radius 1 is 1.73 bits per heavy atom. The van der Waals surface area contributed by atoms with E-state index in [9.17, 15) is 4.79 Å². The van der Waals surface area contributed by atoms with Crippen LogP contribution in [0.4, 0.5) is 0 Å². The lowest BCUT2D eigenvalue weighted by atomic mass is 10.2. The second kappa shape index (κ2) is 4.59. The van der Waals surface area contributed by atoms with Crippen molar-refractivity contribution >= 4 is 5.78 Å². The summed E-state index contributed by atoms with van der Waals surface area (Å²) in [5, 5.41) is 3.34. The van der Waals surface area contributed by atoms with Crippen LogP contribution in [-0.2, 0) is 0 Å². The van der Waals surface area contributed by atoms with Gasteiger partial charge in [0.1, 0.15) is 0 Å². The Balaban J connectivity index is 1.89. The smallest absolute Gasteiger partial charge is 0.211 e. The maximum absolute atomic E-state index is 11.7. The standard InChI is InChI=1S/C11H16N2O2/c1-9-7-13(5-4-12-9)8-10(14)11-3-2-6-15-11/h2-3,6,9,12H,4-5,7-8H2,1H3. The number of rotatable bonds is 3. The first-order valence-corrected chi connectivity index (χ1v) is 5.28. The number of ketones is 1. The van der Waals surface area contributed by atoms with Gasteiger partial charge in [-0.25, -0.2) is 0 Å². The zero-order chi connectivity index (χ0) is 10.7. The summed E-state index contributed by atoms with van der Waals surface area (Å²) in [7, 11) is 0. The SMILES string of the molecule is CC1CN(CC(=O)c2ccco2)CCN1. The van der Waals surface area contributed by atoms with Crippen molar-refractivity contribution < 1.29 is 9.21 Å². The molecular weight excluding hydrogens is 192 g/mol. The molecule has 1 aliphatic rings. The molecular formula is C11H16N2O2. The van der Waals surface area contributed by atoms with Crippen molar-refractivity contribution in [1.82, 2.24) is 10.2 Å². The maximum Gasteiger partial charge on any atom is 0.211 e. The van der Waals surface area contributed by atoms with E-state index in [0.29, 0.717) is 18.3 Å². The molecule has 1 aliphatic heterocycles. The molecule has 1 aromatic heterocycles. The molecule has 0 amide bonds. The summed E-state index contributed by atoms with van der Waals surface area (Å²) in [5.74, 6) is 0.523. The molecule has 0 spiro atoms. The number of furan rings is 1. The molecule has 1 unspecified atom stereocenters. The van der Waals surface area contributed by atoms with E-state index in [1.54, 1.807) is 12.1 Å². The van der Waals surface area contributed by atoms with E-state index in [0.717, 1.165) is 19.6 Å². The molecule has 1 atom stereocenters. The molecule has 4 nitrogen and oxygen atoms in total. The van der Waals surface area contributed by atoms with Crippen molar-refractivity contribution in [3.05, 3.63) is 24.2 Å². The second-order valence-electron chi connectivity index (χ2n) is 3.99. The summed E-state index contributed by atoms with van der Waals surface area (Å²) >= 11 is 0. The number of nitrogens with one attached hydrogen (secondary N) is 1. The number of carbonyl (C=O) groups excluding carboxylic acids is 1. The van der Waals surface area contributed by atoms with Gasteiger partial charge in [-0.2, -0.15) is 0 Å². The summed E-state index contributed by atoms with van der Waals surface area (Å²) in [5.41, 5.74) is 0. The van der Waals surface area contributed by atoms with Gasteiger partial charge in [-0.3, -0.25) is 9.69 Å². The molecule has 1 fully saturated rings. The van der Waals surface area contributed by atoms with Crippen LogP contribution in [0.2, 0.25) is 0 Å². The molecule has 0 aliphatic carbocycles. The lowest BCUT2D eigenvalue weighted by molar-refractivity contribution is 0.0881. The quantitative estimate of drug-likeness (QED) is 0.745. The van der Waals surface area contributed by atoms with Gasteiger partial charge in [0.25, 0.3) is 0 Å². The van der Waals surface area contributed by atoms with Crippen molar-refractivity contribution in [2.45, 2.75) is 13.0 Å². The third-order valence-corrected chi connectivity index (χ3v) is 2.62. The minimum atomic E-state index is 0.0640. The molecule has 0 radical (unpaired) electrons. The zero-order valence-corrected chi connectivity index (χ0v) is 8.90. The number of hydrogen-bond donors (Lipinski definition) is 1. The normalized spacial score (nSPS) is 22.9. The highest BCUT2D eigenvalue weighted by atomic mass is 16.3. The predicted molar refractivity (Wildman–Crippen MR) is 56.9 cm³/mol. The van der Waals surface area contributed by atoms with E-state index in [1.165, 1.54) is 6.26 Å². The van der Waals surface area contributed by atoms with Crippen molar-refractivity contribution in [3.8, 4) is 0 Å². The molecule has 0 aromatic carbocycles. The van der Waals surface area contributed by atoms with Crippen LogP contribution in [0.3, 0.4) is 0 Å². The molecule has 4 heteroatoms. The third kappa shape index (κ3) is 2.67. The van der Waals surface area contributed by atoms with E-state index in [2.05, 4.69) is 17.1 Å². The van der Waals surface area contributed by atoms with Crippen LogP contribution in [0.5, 0.6) is 0 Å². The number of carbonyl (C=O) groups is 1.